The van der Waals surface area contributed by atoms with Gasteiger partial charge in [0.15, 0.2) is 0 Å². The zero-order chi connectivity index (χ0) is 18.2. The Bertz CT molecular complexity index is 885. The van der Waals surface area contributed by atoms with E-state index < -0.39 is 32.5 Å². The molecule has 3 N–H and O–H groups in total. The van der Waals surface area contributed by atoms with E-state index in [1.54, 1.807) is 6.07 Å². The Hall–Kier alpha value is -2.33. The van der Waals surface area contributed by atoms with Crippen molar-refractivity contribution < 1.29 is 22.0 Å². The topological polar surface area (TPSA) is 109 Å². The lowest BCUT2D eigenvalue weighted by Gasteiger charge is -2.30. The largest absolute Gasteiger partial charge is 0.364 e. The van der Waals surface area contributed by atoms with Crippen molar-refractivity contribution in [2.24, 2.45) is 5.73 Å². The van der Waals surface area contributed by atoms with E-state index in [1.807, 2.05) is 0 Å². The van der Waals surface area contributed by atoms with Gasteiger partial charge in [-0.3, -0.25) is 9.89 Å². The standard InChI is InChI=1S/C15H16F2N4O3S/c16-10-5-11(17)7-12(6-10)25(23,24)21-3-1-9(2-4-21)13-8-14(15(18)22)20-19-13/h5-9H,1-4H2,(H2,18,22)(H,19,20). The van der Waals surface area contributed by atoms with Crippen LogP contribution >= 0.6 is 0 Å². The molecule has 0 radical (unpaired) electrons. The van der Waals surface area contributed by atoms with Crippen molar-refractivity contribution in [3.8, 4) is 0 Å². The predicted molar refractivity (Wildman–Crippen MR) is 84.2 cm³/mol. The molecule has 1 amide bonds. The number of rotatable bonds is 4. The van der Waals surface area contributed by atoms with Gasteiger partial charge in [0, 0.05) is 30.8 Å². The number of halogens is 2. The molecule has 0 bridgehead atoms. The number of primary amides is 1. The van der Waals surface area contributed by atoms with Crippen LogP contribution in [-0.2, 0) is 10.0 Å². The average molecular weight is 370 g/mol. The van der Waals surface area contributed by atoms with Gasteiger partial charge < -0.3 is 5.73 Å². The lowest BCUT2D eigenvalue weighted by atomic mass is 9.94. The second-order valence-electron chi connectivity index (χ2n) is 5.86. The van der Waals surface area contributed by atoms with Crippen molar-refractivity contribution in [2.75, 3.05) is 13.1 Å². The molecule has 0 atom stereocenters. The van der Waals surface area contributed by atoms with Crippen molar-refractivity contribution >= 4 is 15.9 Å². The Kier molecular flexibility index (Phi) is 4.56. The first kappa shape index (κ1) is 17.5. The van der Waals surface area contributed by atoms with Crippen LogP contribution in [0.2, 0.25) is 0 Å². The van der Waals surface area contributed by atoms with Crippen molar-refractivity contribution in [1.29, 1.82) is 0 Å². The van der Waals surface area contributed by atoms with Crippen LogP contribution < -0.4 is 5.73 Å². The molecule has 25 heavy (non-hydrogen) atoms. The number of aromatic amines is 1. The minimum absolute atomic E-state index is 0.00343. The highest BCUT2D eigenvalue weighted by atomic mass is 32.2. The lowest BCUT2D eigenvalue weighted by molar-refractivity contribution is 0.0995. The molecule has 1 aliphatic heterocycles. The fourth-order valence-electron chi connectivity index (χ4n) is 2.91. The van der Waals surface area contributed by atoms with Crippen LogP contribution in [0, 0.1) is 11.6 Å². The Morgan fingerprint density at radius 2 is 1.76 bits per heavy atom. The van der Waals surface area contributed by atoms with E-state index in [0.717, 1.165) is 12.1 Å². The maximum atomic E-state index is 13.3. The molecule has 2 heterocycles. The van der Waals surface area contributed by atoms with Gasteiger partial charge in [0.1, 0.15) is 17.3 Å². The highest BCUT2D eigenvalue weighted by molar-refractivity contribution is 7.89. The number of aromatic nitrogens is 2. The fourth-order valence-corrected chi connectivity index (χ4v) is 4.42. The van der Waals surface area contributed by atoms with Gasteiger partial charge in [-0.15, -0.1) is 0 Å². The number of carbonyl (C=O) groups is 1. The summed E-state index contributed by atoms with van der Waals surface area (Å²) in [5.74, 6) is -2.53. The molecule has 3 rings (SSSR count). The minimum Gasteiger partial charge on any atom is -0.364 e. The Balaban J connectivity index is 1.73. The molecule has 0 saturated carbocycles. The molecule has 134 valence electrons. The summed E-state index contributed by atoms with van der Waals surface area (Å²) in [6.07, 6.45) is 0.967. The van der Waals surface area contributed by atoms with Gasteiger partial charge in [0.2, 0.25) is 10.0 Å². The zero-order valence-corrected chi connectivity index (χ0v) is 13.9. The van der Waals surface area contributed by atoms with E-state index in [4.69, 9.17) is 5.73 Å². The van der Waals surface area contributed by atoms with E-state index in [1.165, 1.54) is 4.31 Å². The minimum atomic E-state index is -3.97. The molecule has 1 fully saturated rings. The third-order valence-electron chi connectivity index (χ3n) is 4.22. The number of amides is 1. The summed E-state index contributed by atoms with van der Waals surface area (Å²) >= 11 is 0. The van der Waals surface area contributed by atoms with Crippen LogP contribution in [0.15, 0.2) is 29.2 Å². The summed E-state index contributed by atoms with van der Waals surface area (Å²) in [6, 6.07) is 3.79. The maximum absolute atomic E-state index is 13.3. The van der Waals surface area contributed by atoms with Crippen molar-refractivity contribution in [3.05, 3.63) is 47.3 Å². The average Bonchev–Trinajstić information content (AvgIpc) is 3.04. The Morgan fingerprint density at radius 3 is 2.28 bits per heavy atom. The molecule has 0 spiro atoms. The number of benzene rings is 1. The second kappa shape index (κ2) is 6.52. The van der Waals surface area contributed by atoms with Crippen LogP contribution in [0.1, 0.15) is 34.9 Å². The number of nitrogens with zero attached hydrogens (tertiary/aromatic N) is 2. The normalized spacial score (nSPS) is 16.9. The number of nitrogens with two attached hydrogens (primary N) is 1. The summed E-state index contributed by atoms with van der Waals surface area (Å²) in [5.41, 5.74) is 5.99. The number of sulfonamides is 1. The van der Waals surface area contributed by atoms with Crippen molar-refractivity contribution in [2.45, 2.75) is 23.7 Å². The second-order valence-corrected chi connectivity index (χ2v) is 7.79. The summed E-state index contributed by atoms with van der Waals surface area (Å²) in [4.78, 5) is 10.7. The Morgan fingerprint density at radius 1 is 1.16 bits per heavy atom. The van der Waals surface area contributed by atoms with E-state index in [9.17, 15) is 22.0 Å². The summed E-state index contributed by atoms with van der Waals surface area (Å²) < 4.78 is 52.9. The third-order valence-corrected chi connectivity index (χ3v) is 6.09. The number of hydrogen-bond acceptors (Lipinski definition) is 4. The first-order valence-electron chi connectivity index (χ1n) is 7.59. The van der Waals surface area contributed by atoms with Gasteiger partial charge in [-0.25, -0.2) is 17.2 Å². The van der Waals surface area contributed by atoms with Gasteiger partial charge in [-0.05, 0) is 31.0 Å². The first-order chi connectivity index (χ1) is 11.8. The van der Waals surface area contributed by atoms with E-state index in [2.05, 4.69) is 10.2 Å². The quantitative estimate of drug-likeness (QED) is 0.847. The molecule has 10 heteroatoms. The van der Waals surface area contributed by atoms with Crippen molar-refractivity contribution in [3.63, 3.8) is 0 Å². The number of carbonyl (C=O) groups excluding carboxylic acids is 1. The number of H-pyrrole nitrogens is 1. The summed E-state index contributed by atoms with van der Waals surface area (Å²) in [6.45, 7) is 0.381. The van der Waals surface area contributed by atoms with Crippen LogP contribution in [0.4, 0.5) is 8.78 Å². The van der Waals surface area contributed by atoms with Gasteiger partial charge in [0.25, 0.3) is 5.91 Å². The van der Waals surface area contributed by atoms with Crippen LogP contribution in [-0.4, -0.2) is 41.9 Å². The first-order valence-corrected chi connectivity index (χ1v) is 9.03. The molecule has 1 aromatic heterocycles. The highest BCUT2D eigenvalue weighted by Gasteiger charge is 2.31. The number of piperidine rings is 1. The molecule has 1 aromatic carbocycles. The molecule has 1 saturated heterocycles. The van der Waals surface area contributed by atoms with Gasteiger partial charge in [-0.2, -0.15) is 9.40 Å². The molecule has 1 aliphatic rings. The molecular weight excluding hydrogens is 354 g/mol. The molecule has 0 unspecified atom stereocenters. The van der Waals surface area contributed by atoms with Crippen LogP contribution in [0.5, 0.6) is 0 Å². The number of nitrogens with one attached hydrogen (secondary N) is 1. The predicted octanol–water partition coefficient (Wildman–Crippen LogP) is 1.36. The molecule has 7 nitrogen and oxygen atoms in total. The monoisotopic (exact) mass is 370 g/mol. The van der Waals surface area contributed by atoms with Crippen LogP contribution in [0.25, 0.3) is 0 Å². The SMILES string of the molecule is NC(=O)c1cc(C2CCN(S(=O)(=O)c3cc(F)cc(F)c3)CC2)[nH]n1. The van der Waals surface area contributed by atoms with Gasteiger partial charge in [0.05, 0.1) is 4.90 Å². The van der Waals surface area contributed by atoms with Crippen molar-refractivity contribution in [1.82, 2.24) is 14.5 Å². The molecule has 0 aliphatic carbocycles. The number of hydrogen-bond donors (Lipinski definition) is 2. The third kappa shape index (κ3) is 3.54. The Labute approximate surface area is 142 Å². The molecular formula is C15H16F2N4O3S. The summed E-state index contributed by atoms with van der Waals surface area (Å²) in [5, 5.41) is 6.55. The summed E-state index contributed by atoms with van der Waals surface area (Å²) in [7, 11) is -3.97. The van der Waals surface area contributed by atoms with E-state index in [0.29, 0.717) is 24.6 Å². The highest BCUT2D eigenvalue weighted by Crippen LogP contribution is 2.30. The van der Waals surface area contributed by atoms with E-state index in [-0.39, 0.29) is 24.7 Å². The van der Waals surface area contributed by atoms with Crippen LogP contribution in [0.3, 0.4) is 0 Å². The molecule has 2 aromatic rings. The lowest BCUT2D eigenvalue weighted by Crippen LogP contribution is -2.38. The zero-order valence-electron chi connectivity index (χ0n) is 13.1. The maximum Gasteiger partial charge on any atom is 0.269 e. The van der Waals surface area contributed by atoms with Gasteiger partial charge in [-0.1, -0.05) is 0 Å². The smallest absolute Gasteiger partial charge is 0.269 e. The van der Waals surface area contributed by atoms with E-state index >= 15 is 0 Å². The van der Waals surface area contributed by atoms with Gasteiger partial charge >= 0.3 is 0 Å². The fraction of sp³-hybridized carbons (Fsp3) is 0.333.